The summed E-state index contributed by atoms with van der Waals surface area (Å²) >= 11 is 0. The molecule has 0 aromatic heterocycles. The molecule has 2 aliphatic heterocycles. The summed E-state index contributed by atoms with van der Waals surface area (Å²) in [6.45, 7) is 5.12. The van der Waals surface area contributed by atoms with E-state index in [4.69, 9.17) is 9.47 Å². The number of methoxy groups -OCH3 is 1. The lowest BCUT2D eigenvalue weighted by atomic mass is 9.95. The van der Waals surface area contributed by atoms with Crippen molar-refractivity contribution in [3.63, 3.8) is 0 Å². The van der Waals surface area contributed by atoms with E-state index in [0.717, 1.165) is 75.5 Å². The van der Waals surface area contributed by atoms with Gasteiger partial charge in [-0.05, 0) is 61.9 Å². The van der Waals surface area contributed by atoms with Crippen LogP contribution in [0.5, 0.6) is 11.5 Å². The van der Waals surface area contributed by atoms with E-state index in [1.165, 1.54) is 12.0 Å². The van der Waals surface area contributed by atoms with Crippen LogP contribution in [0.15, 0.2) is 48.5 Å². The van der Waals surface area contributed by atoms with Crippen molar-refractivity contribution in [2.45, 2.75) is 45.3 Å². The smallest absolute Gasteiger partial charge is 0.226 e. The molecule has 2 heterocycles. The molecule has 31 heavy (non-hydrogen) atoms. The molecule has 166 valence electrons. The first-order valence-electron chi connectivity index (χ1n) is 11.6. The Morgan fingerprint density at radius 3 is 2.52 bits per heavy atom. The summed E-state index contributed by atoms with van der Waals surface area (Å²) in [6.07, 6.45) is 5.66. The predicted octanol–water partition coefficient (Wildman–Crippen LogP) is 4.50. The average Bonchev–Trinajstić information content (AvgIpc) is 2.84. The molecule has 1 unspecified atom stereocenters. The molecule has 2 aromatic rings. The third kappa shape index (κ3) is 5.79. The highest BCUT2D eigenvalue weighted by atomic mass is 16.5. The van der Waals surface area contributed by atoms with Crippen LogP contribution in [0.4, 0.5) is 0 Å². The molecule has 2 aliphatic rings. The molecule has 2 fully saturated rings. The molecule has 2 aromatic carbocycles. The Labute approximate surface area is 185 Å². The van der Waals surface area contributed by atoms with Gasteiger partial charge in [-0.2, -0.15) is 0 Å². The second kappa shape index (κ2) is 10.7. The fourth-order valence-corrected chi connectivity index (χ4v) is 4.70. The first-order chi connectivity index (χ1) is 15.2. The van der Waals surface area contributed by atoms with Gasteiger partial charge in [0.25, 0.3) is 0 Å². The van der Waals surface area contributed by atoms with E-state index in [-0.39, 0.29) is 5.92 Å². The number of likely N-dealkylation sites (tertiary alicyclic amines) is 2. The number of ether oxygens (including phenoxy) is 2. The molecule has 0 spiro atoms. The van der Waals surface area contributed by atoms with Crippen LogP contribution >= 0.6 is 0 Å². The van der Waals surface area contributed by atoms with Crippen molar-refractivity contribution in [1.29, 1.82) is 0 Å². The highest BCUT2D eigenvalue weighted by Gasteiger charge is 2.29. The topological polar surface area (TPSA) is 42.0 Å². The van der Waals surface area contributed by atoms with Crippen molar-refractivity contribution in [1.82, 2.24) is 9.80 Å². The number of carbonyl (C=O) groups is 1. The molecule has 0 radical (unpaired) electrons. The van der Waals surface area contributed by atoms with Crippen LogP contribution in [0.25, 0.3) is 0 Å². The van der Waals surface area contributed by atoms with Gasteiger partial charge in [-0.1, -0.05) is 36.4 Å². The largest absolute Gasteiger partial charge is 0.493 e. The normalized spacial score (nSPS) is 19.8. The summed E-state index contributed by atoms with van der Waals surface area (Å²) < 4.78 is 11.6. The number of hydrogen-bond donors (Lipinski definition) is 0. The fourth-order valence-electron chi connectivity index (χ4n) is 4.70. The summed E-state index contributed by atoms with van der Waals surface area (Å²) in [4.78, 5) is 17.5. The molecular weight excluding hydrogens is 388 g/mol. The number of carbonyl (C=O) groups excluding carboxylic acids is 1. The van der Waals surface area contributed by atoms with Crippen molar-refractivity contribution in [3.8, 4) is 11.5 Å². The van der Waals surface area contributed by atoms with E-state index >= 15 is 0 Å². The first kappa shape index (κ1) is 21.7. The van der Waals surface area contributed by atoms with E-state index in [9.17, 15) is 4.79 Å². The fraction of sp³-hybridized carbons (Fsp3) is 0.500. The lowest BCUT2D eigenvalue weighted by Crippen LogP contribution is -2.46. The van der Waals surface area contributed by atoms with Gasteiger partial charge in [0, 0.05) is 26.2 Å². The highest BCUT2D eigenvalue weighted by Crippen LogP contribution is 2.30. The summed E-state index contributed by atoms with van der Waals surface area (Å²) in [5.41, 5.74) is 2.32. The summed E-state index contributed by atoms with van der Waals surface area (Å²) in [5, 5.41) is 0. The number of benzene rings is 2. The summed E-state index contributed by atoms with van der Waals surface area (Å²) in [6, 6.07) is 16.3. The first-order valence-corrected chi connectivity index (χ1v) is 11.6. The van der Waals surface area contributed by atoms with Crippen LogP contribution in [0.3, 0.4) is 0 Å². The standard InChI is InChI=1S/C26H34N2O3/c1-30-25-17-22(12-13-24(25)31-20-21-9-4-2-5-10-21)18-27-14-8-11-23(19-27)26(29)28-15-6-3-7-16-28/h2,4-5,9-10,12-13,17,23H,3,6-8,11,14-16,18-20H2,1H3. The Morgan fingerprint density at radius 2 is 1.74 bits per heavy atom. The molecule has 4 rings (SSSR count). The Kier molecular flexibility index (Phi) is 7.47. The number of nitrogens with zero attached hydrogens (tertiary/aromatic N) is 2. The minimum atomic E-state index is 0.141. The third-order valence-electron chi connectivity index (χ3n) is 6.39. The minimum absolute atomic E-state index is 0.141. The van der Waals surface area contributed by atoms with Gasteiger partial charge < -0.3 is 14.4 Å². The van der Waals surface area contributed by atoms with Gasteiger partial charge in [-0.15, -0.1) is 0 Å². The quantitative estimate of drug-likeness (QED) is 0.659. The van der Waals surface area contributed by atoms with E-state index in [0.29, 0.717) is 12.5 Å². The van der Waals surface area contributed by atoms with Crippen molar-refractivity contribution in [2.24, 2.45) is 5.92 Å². The van der Waals surface area contributed by atoms with Crippen molar-refractivity contribution < 1.29 is 14.3 Å². The Morgan fingerprint density at radius 1 is 0.935 bits per heavy atom. The van der Waals surface area contributed by atoms with Gasteiger partial charge in [-0.3, -0.25) is 9.69 Å². The third-order valence-corrected chi connectivity index (χ3v) is 6.39. The van der Waals surface area contributed by atoms with Crippen molar-refractivity contribution in [3.05, 3.63) is 59.7 Å². The number of rotatable bonds is 7. The molecule has 0 bridgehead atoms. The molecule has 0 saturated carbocycles. The van der Waals surface area contributed by atoms with E-state index < -0.39 is 0 Å². The Hall–Kier alpha value is -2.53. The van der Waals surface area contributed by atoms with Gasteiger partial charge in [0.05, 0.1) is 13.0 Å². The van der Waals surface area contributed by atoms with Gasteiger partial charge in [-0.25, -0.2) is 0 Å². The molecule has 0 aliphatic carbocycles. The highest BCUT2D eigenvalue weighted by molar-refractivity contribution is 5.79. The van der Waals surface area contributed by atoms with Crippen LogP contribution in [-0.4, -0.2) is 49.0 Å². The second-order valence-corrected chi connectivity index (χ2v) is 8.72. The summed E-state index contributed by atoms with van der Waals surface area (Å²) in [7, 11) is 1.68. The van der Waals surface area contributed by atoms with Crippen molar-refractivity contribution in [2.75, 3.05) is 33.3 Å². The summed E-state index contributed by atoms with van der Waals surface area (Å²) in [5.74, 6) is 2.02. The second-order valence-electron chi connectivity index (χ2n) is 8.72. The molecule has 5 heteroatoms. The lowest BCUT2D eigenvalue weighted by Gasteiger charge is -2.36. The SMILES string of the molecule is COc1cc(CN2CCCC(C(=O)N3CCCCC3)C2)ccc1OCc1ccccc1. The van der Waals surface area contributed by atoms with Gasteiger partial charge >= 0.3 is 0 Å². The van der Waals surface area contributed by atoms with Gasteiger partial charge in [0.2, 0.25) is 5.91 Å². The zero-order valence-corrected chi connectivity index (χ0v) is 18.6. The maximum atomic E-state index is 12.9. The van der Waals surface area contributed by atoms with E-state index in [1.807, 2.05) is 24.3 Å². The van der Waals surface area contributed by atoms with Crippen LogP contribution in [0.2, 0.25) is 0 Å². The van der Waals surface area contributed by atoms with E-state index in [1.54, 1.807) is 7.11 Å². The molecular formula is C26H34N2O3. The Bertz CT molecular complexity index is 849. The molecule has 1 amide bonds. The number of piperidine rings is 2. The number of amides is 1. The molecule has 5 nitrogen and oxygen atoms in total. The van der Waals surface area contributed by atoms with E-state index in [2.05, 4.69) is 34.1 Å². The van der Waals surface area contributed by atoms with Crippen LogP contribution in [0.1, 0.15) is 43.2 Å². The maximum Gasteiger partial charge on any atom is 0.226 e. The molecule has 0 N–H and O–H groups in total. The van der Waals surface area contributed by atoms with Crippen LogP contribution < -0.4 is 9.47 Å². The Balaban J connectivity index is 1.35. The average molecular weight is 423 g/mol. The van der Waals surface area contributed by atoms with Gasteiger partial charge in [0.15, 0.2) is 11.5 Å². The van der Waals surface area contributed by atoms with Gasteiger partial charge in [0.1, 0.15) is 6.61 Å². The molecule has 1 atom stereocenters. The predicted molar refractivity (Wildman–Crippen MR) is 122 cm³/mol. The molecule has 2 saturated heterocycles. The van der Waals surface area contributed by atoms with Crippen molar-refractivity contribution >= 4 is 5.91 Å². The minimum Gasteiger partial charge on any atom is -0.493 e. The monoisotopic (exact) mass is 422 g/mol. The van der Waals surface area contributed by atoms with Crippen LogP contribution in [-0.2, 0) is 17.9 Å². The lowest BCUT2D eigenvalue weighted by molar-refractivity contribution is -0.138. The number of hydrogen-bond acceptors (Lipinski definition) is 4. The zero-order chi connectivity index (χ0) is 21.5. The maximum absolute atomic E-state index is 12.9. The van der Waals surface area contributed by atoms with Crippen LogP contribution in [0, 0.1) is 5.92 Å². The zero-order valence-electron chi connectivity index (χ0n) is 18.6.